The molecule has 1 aromatic carbocycles. The highest BCUT2D eigenvalue weighted by Gasteiger charge is 2.31. The second kappa shape index (κ2) is 6.33. The molecule has 1 amide bonds. The predicted molar refractivity (Wildman–Crippen MR) is 76.4 cm³/mol. The molecule has 0 fully saturated rings. The van der Waals surface area contributed by atoms with Crippen molar-refractivity contribution in [1.82, 2.24) is 5.32 Å². The molecule has 0 aliphatic rings. The number of aliphatic carboxylic acids is 1. The lowest BCUT2D eigenvalue weighted by atomic mass is 10.1. The van der Waals surface area contributed by atoms with Gasteiger partial charge in [-0.3, -0.25) is 4.79 Å². The first-order chi connectivity index (χ1) is 9.13. The van der Waals surface area contributed by atoms with Gasteiger partial charge in [0, 0.05) is 6.07 Å². The topological polar surface area (TPSA) is 75.6 Å². The van der Waals surface area contributed by atoms with Crippen molar-refractivity contribution < 1.29 is 19.4 Å². The van der Waals surface area contributed by atoms with E-state index in [0.717, 1.165) is 0 Å². The number of carboxylic acid groups (broad SMARTS) is 1. The zero-order valence-electron chi connectivity index (χ0n) is 11.2. The Morgan fingerprint density at radius 1 is 1.30 bits per heavy atom. The number of hydrogen-bond donors (Lipinski definition) is 2. The molecule has 0 heterocycles. The Morgan fingerprint density at radius 2 is 1.90 bits per heavy atom. The molecule has 0 saturated heterocycles. The number of amides is 1. The van der Waals surface area contributed by atoms with Gasteiger partial charge in [0.2, 0.25) is 0 Å². The van der Waals surface area contributed by atoms with Crippen molar-refractivity contribution in [3.63, 3.8) is 0 Å². The Hall–Kier alpha value is -1.46. The van der Waals surface area contributed by atoms with E-state index in [1.165, 1.54) is 26.8 Å². The predicted octanol–water partition coefficient (Wildman–Crippen LogP) is 2.74. The van der Waals surface area contributed by atoms with Crippen molar-refractivity contribution in [2.75, 3.05) is 0 Å². The second-order valence-corrected chi connectivity index (χ2v) is 5.57. The van der Waals surface area contributed by atoms with E-state index in [-0.39, 0.29) is 0 Å². The van der Waals surface area contributed by atoms with Crippen molar-refractivity contribution in [1.29, 1.82) is 0 Å². The van der Waals surface area contributed by atoms with E-state index in [9.17, 15) is 9.59 Å². The van der Waals surface area contributed by atoms with Crippen LogP contribution in [0.15, 0.2) is 18.2 Å². The van der Waals surface area contributed by atoms with Crippen molar-refractivity contribution >= 4 is 35.1 Å². The molecular weight excluding hydrogens is 305 g/mol. The van der Waals surface area contributed by atoms with Crippen LogP contribution in [-0.4, -0.2) is 28.6 Å². The summed E-state index contributed by atoms with van der Waals surface area (Å²) < 4.78 is 5.39. The van der Waals surface area contributed by atoms with E-state index in [0.29, 0.717) is 15.8 Å². The number of halogens is 2. The summed E-state index contributed by atoms with van der Waals surface area (Å²) in [5.41, 5.74) is -1.37. The third kappa shape index (κ3) is 4.28. The van der Waals surface area contributed by atoms with Crippen LogP contribution in [-0.2, 0) is 9.59 Å². The Labute approximate surface area is 126 Å². The lowest BCUT2D eigenvalue weighted by molar-refractivity contribution is -0.147. The molecular formula is C13H15Cl2NO4. The third-order valence-electron chi connectivity index (χ3n) is 2.54. The van der Waals surface area contributed by atoms with Crippen LogP contribution in [0.4, 0.5) is 0 Å². The molecule has 0 aromatic heterocycles. The molecule has 0 radical (unpaired) electrons. The maximum absolute atomic E-state index is 11.9. The molecule has 0 spiro atoms. The molecule has 20 heavy (non-hydrogen) atoms. The number of nitrogens with one attached hydrogen (secondary N) is 1. The minimum Gasteiger partial charge on any atom is -0.481 e. The number of benzene rings is 1. The summed E-state index contributed by atoms with van der Waals surface area (Å²) >= 11 is 11.6. The van der Waals surface area contributed by atoms with Crippen LogP contribution in [0, 0.1) is 0 Å². The summed E-state index contributed by atoms with van der Waals surface area (Å²) in [5.74, 6) is -1.30. The first kappa shape index (κ1) is 16.6. The Morgan fingerprint density at radius 3 is 2.40 bits per heavy atom. The summed E-state index contributed by atoms with van der Waals surface area (Å²) in [6.07, 6.45) is -0.870. The number of carbonyl (C=O) groups excluding carboxylic acids is 1. The largest absolute Gasteiger partial charge is 0.481 e. The number of carbonyl (C=O) groups is 2. The molecule has 1 unspecified atom stereocenters. The Bertz CT molecular complexity index is 531. The van der Waals surface area contributed by atoms with Crippen LogP contribution < -0.4 is 10.1 Å². The summed E-state index contributed by atoms with van der Waals surface area (Å²) in [6.45, 7) is 4.29. The SMILES string of the molecule is CC(Oc1ccc(Cl)c(Cl)c1)C(=O)NC(C)(C)C(=O)O. The van der Waals surface area contributed by atoms with Gasteiger partial charge in [-0.05, 0) is 32.9 Å². The molecule has 7 heteroatoms. The van der Waals surface area contributed by atoms with Crippen LogP contribution >= 0.6 is 23.2 Å². The van der Waals surface area contributed by atoms with Gasteiger partial charge in [0.15, 0.2) is 6.10 Å². The minimum atomic E-state index is -1.37. The van der Waals surface area contributed by atoms with Gasteiger partial charge < -0.3 is 15.2 Å². The van der Waals surface area contributed by atoms with Crippen LogP contribution in [0.1, 0.15) is 20.8 Å². The first-order valence-electron chi connectivity index (χ1n) is 5.80. The van der Waals surface area contributed by atoms with Gasteiger partial charge in [-0.25, -0.2) is 4.79 Å². The average Bonchev–Trinajstić information content (AvgIpc) is 2.33. The summed E-state index contributed by atoms with van der Waals surface area (Å²) in [6, 6.07) is 4.60. The fourth-order valence-electron chi connectivity index (χ4n) is 1.27. The normalized spacial score (nSPS) is 12.7. The maximum Gasteiger partial charge on any atom is 0.328 e. The highest BCUT2D eigenvalue weighted by atomic mass is 35.5. The number of ether oxygens (including phenoxy) is 1. The molecule has 1 atom stereocenters. The highest BCUT2D eigenvalue weighted by Crippen LogP contribution is 2.26. The number of rotatable bonds is 5. The average molecular weight is 320 g/mol. The molecule has 0 aliphatic heterocycles. The molecule has 1 aromatic rings. The van der Waals surface area contributed by atoms with E-state index < -0.39 is 23.5 Å². The quantitative estimate of drug-likeness (QED) is 0.875. The van der Waals surface area contributed by atoms with Gasteiger partial charge in [0.25, 0.3) is 5.91 Å². The second-order valence-electron chi connectivity index (χ2n) is 4.76. The van der Waals surface area contributed by atoms with E-state index in [4.69, 9.17) is 33.0 Å². The van der Waals surface area contributed by atoms with Crippen LogP contribution in [0.3, 0.4) is 0 Å². The lowest BCUT2D eigenvalue weighted by Gasteiger charge is -2.23. The molecule has 0 bridgehead atoms. The number of hydrogen-bond acceptors (Lipinski definition) is 3. The molecule has 2 N–H and O–H groups in total. The van der Waals surface area contributed by atoms with Crippen molar-refractivity contribution in [2.45, 2.75) is 32.4 Å². The molecule has 5 nitrogen and oxygen atoms in total. The highest BCUT2D eigenvalue weighted by molar-refractivity contribution is 6.42. The van der Waals surface area contributed by atoms with Crippen LogP contribution in [0.2, 0.25) is 10.0 Å². The lowest BCUT2D eigenvalue weighted by Crippen LogP contribution is -2.53. The van der Waals surface area contributed by atoms with Crippen LogP contribution in [0.5, 0.6) is 5.75 Å². The molecule has 110 valence electrons. The third-order valence-corrected chi connectivity index (χ3v) is 3.28. The van der Waals surface area contributed by atoms with Gasteiger partial charge in [-0.15, -0.1) is 0 Å². The Balaban J connectivity index is 2.71. The van der Waals surface area contributed by atoms with Gasteiger partial charge in [0.1, 0.15) is 11.3 Å². The minimum absolute atomic E-state index is 0.308. The monoisotopic (exact) mass is 319 g/mol. The summed E-state index contributed by atoms with van der Waals surface area (Å²) in [4.78, 5) is 22.8. The maximum atomic E-state index is 11.9. The van der Waals surface area contributed by atoms with Crippen LogP contribution in [0.25, 0.3) is 0 Å². The van der Waals surface area contributed by atoms with E-state index in [1.54, 1.807) is 12.1 Å². The standard InChI is InChI=1S/C13H15Cl2NO4/c1-7(11(17)16-13(2,3)12(18)19)20-8-4-5-9(14)10(15)6-8/h4-7H,1-3H3,(H,16,17)(H,18,19). The summed E-state index contributed by atoms with van der Waals surface area (Å²) in [5, 5.41) is 12.0. The van der Waals surface area contributed by atoms with E-state index in [2.05, 4.69) is 5.32 Å². The molecule has 0 aliphatic carbocycles. The molecule has 1 rings (SSSR count). The Kier molecular flexibility index (Phi) is 5.25. The van der Waals surface area contributed by atoms with Crippen molar-refractivity contribution in [3.8, 4) is 5.75 Å². The molecule has 0 saturated carbocycles. The zero-order chi connectivity index (χ0) is 15.5. The van der Waals surface area contributed by atoms with E-state index in [1.807, 2.05) is 0 Å². The fourth-order valence-corrected chi connectivity index (χ4v) is 1.56. The van der Waals surface area contributed by atoms with Gasteiger partial charge in [-0.1, -0.05) is 23.2 Å². The fraction of sp³-hybridized carbons (Fsp3) is 0.385. The van der Waals surface area contributed by atoms with Gasteiger partial charge in [0.05, 0.1) is 10.0 Å². The van der Waals surface area contributed by atoms with E-state index >= 15 is 0 Å². The zero-order valence-corrected chi connectivity index (χ0v) is 12.7. The van der Waals surface area contributed by atoms with Gasteiger partial charge >= 0.3 is 5.97 Å². The van der Waals surface area contributed by atoms with Crippen molar-refractivity contribution in [2.24, 2.45) is 0 Å². The number of carboxylic acids is 1. The summed E-state index contributed by atoms with van der Waals surface area (Å²) in [7, 11) is 0. The first-order valence-corrected chi connectivity index (χ1v) is 6.56. The van der Waals surface area contributed by atoms with Gasteiger partial charge in [-0.2, -0.15) is 0 Å². The smallest absolute Gasteiger partial charge is 0.328 e. The van der Waals surface area contributed by atoms with Crippen molar-refractivity contribution in [3.05, 3.63) is 28.2 Å².